The van der Waals surface area contributed by atoms with Crippen LogP contribution in [0, 0.1) is 0 Å². The molecule has 0 fully saturated rings. The number of hydrogen-bond donors (Lipinski definition) is 0. The minimum Gasteiger partial charge on any atom is -0.309 e. The number of nitrogens with zero attached hydrogens (tertiary/aromatic N) is 2. The molecule has 8 heteroatoms. The lowest BCUT2D eigenvalue weighted by atomic mass is 9.68. The fourth-order valence-electron chi connectivity index (χ4n) is 11.0. The van der Waals surface area contributed by atoms with E-state index in [0.717, 1.165) is 88.4 Å². The second-order valence-electron chi connectivity index (χ2n) is 17.6. The minimum atomic E-state index is -3.92. The van der Waals surface area contributed by atoms with Crippen molar-refractivity contribution in [3.05, 3.63) is 265 Å². The minimum absolute atomic E-state index is 0.177. The van der Waals surface area contributed by atoms with E-state index < -0.39 is 25.1 Å². The van der Waals surface area contributed by atoms with Crippen LogP contribution in [0.5, 0.6) is 0 Å². The van der Waals surface area contributed by atoms with Crippen molar-refractivity contribution in [3.8, 4) is 22.5 Å². The number of para-hydroxylation sites is 4. The Kier molecular flexibility index (Phi) is 9.12. The Labute approximate surface area is 399 Å². The molecule has 13 rings (SSSR count). The zero-order valence-corrected chi connectivity index (χ0v) is 38.6. The molecular formula is C61H40N2O4S2. The maximum atomic E-state index is 14.4. The van der Waals surface area contributed by atoms with E-state index in [1.165, 1.54) is 0 Å². The molecular weight excluding hydrogens is 889 g/mol. The molecule has 69 heavy (non-hydrogen) atoms. The maximum absolute atomic E-state index is 14.4. The second-order valence-corrected chi connectivity index (χ2v) is 21.5. The molecule has 0 spiro atoms. The number of aromatic nitrogens is 2. The normalized spacial score (nSPS) is 13.3. The van der Waals surface area contributed by atoms with Crippen molar-refractivity contribution in [2.24, 2.45) is 0 Å². The van der Waals surface area contributed by atoms with E-state index in [1.54, 1.807) is 48.5 Å². The highest BCUT2D eigenvalue weighted by Crippen LogP contribution is 2.56. The van der Waals surface area contributed by atoms with Gasteiger partial charge in [-0.2, -0.15) is 0 Å². The maximum Gasteiger partial charge on any atom is 0.206 e. The highest BCUT2D eigenvalue weighted by molar-refractivity contribution is 7.91. The topological polar surface area (TPSA) is 78.1 Å². The molecule has 0 saturated carbocycles. The molecule has 0 radical (unpaired) electrons. The Morgan fingerprint density at radius 3 is 0.855 bits per heavy atom. The van der Waals surface area contributed by atoms with Gasteiger partial charge in [-0.3, -0.25) is 0 Å². The monoisotopic (exact) mass is 928 g/mol. The van der Waals surface area contributed by atoms with Crippen LogP contribution < -0.4 is 0 Å². The van der Waals surface area contributed by atoms with Gasteiger partial charge in [-0.05, 0) is 130 Å². The van der Waals surface area contributed by atoms with Gasteiger partial charge in [0.15, 0.2) is 0 Å². The standard InChI is InChI=1S/C61H40N2O4S2/c64-68(65,47-37-29-43(30-38-47)62-57-21-9-3-15-51(57)52-16-4-10-22-58(52)62)45-33-25-41(26-34-45)61(55-19-7-1-13-49(55)50-14-2-8-20-56(50)61)42-27-35-46(36-28-42)69(66,67)48-39-31-44(32-40-48)63-59-23-11-5-17-53(59)54-18-6-12-24-60(54)63/h1-40H. The SMILES string of the molecule is O=S(=O)(c1ccc(-n2c3ccccc3c3ccccc32)cc1)c1ccc(C2(c3ccc(S(=O)(=O)c4ccc(-n5c6ccccc6c6ccccc65)cc4)cc3)c3ccccc3-c3ccccc32)cc1. The number of hydrogen-bond acceptors (Lipinski definition) is 4. The summed E-state index contributed by atoms with van der Waals surface area (Å²) in [6.45, 7) is 0. The van der Waals surface area contributed by atoms with Crippen molar-refractivity contribution in [2.75, 3.05) is 0 Å². The van der Waals surface area contributed by atoms with Crippen molar-refractivity contribution < 1.29 is 16.8 Å². The summed E-state index contributed by atoms with van der Waals surface area (Å²) in [7, 11) is -7.83. The number of rotatable bonds is 8. The van der Waals surface area contributed by atoms with Gasteiger partial charge in [-0.1, -0.05) is 146 Å². The van der Waals surface area contributed by atoms with Crippen LogP contribution in [0.15, 0.2) is 262 Å². The van der Waals surface area contributed by atoms with Crippen molar-refractivity contribution in [2.45, 2.75) is 25.0 Å². The van der Waals surface area contributed by atoms with Gasteiger partial charge < -0.3 is 9.13 Å². The first-order valence-corrected chi connectivity index (χ1v) is 25.8. The van der Waals surface area contributed by atoms with Gasteiger partial charge in [0.1, 0.15) is 0 Å². The van der Waals surface area contributed by atoms with Crippen LogP contribution in [-0.4, -0.2) is 26.0 Å². The average molecular weight is 929 g/mol. The van der Waals surface area contributed by atoms with E-state index in [2.05, 4.69) is 81.9 Å². The third-order valence-electron chi connectivity index (χ3n) is 14.1. The third kappa shape index (κ3) is 6.02. The van der Waals surface area contributed by atoms with E-state index in [-0.39, 0.29) is 19.6 Å². The molecule has 0 bridgehead atoms. The quantitative estimate of drug-likeness (QED) is 0.152. The Morgan fingerprint density at radius 1 is 0.275 bits per heavy atom. The van der Waals surface area contributed by atoms with E-state index >= 15 is 0 Å². The van der Waals surface area contributed by atoms with Gasteiger partial charge in [-0.15, -0.1) is 0 Å². The van der Waals surface area contributed by atoms with Gasteiger partial charge in [0.05, 0.1) is 47.1 Å². The van der Waals surface area contributed by atoms with Crippen LogP contribution in [-0.2, 0) is 25.1 Å². The van der Waals surface area contributed by atoms with Crippen LogP contribution in [0.1, 0.15) is 22.3 Å². The smallest absolute Gasteiger partial charge is 0.206 e. The molecule has 0 saturated heterocycles. The lowest BCUT2D eigenvalue weighted by molar-refractivity contribution is 0.594. The summed E-state index contributed by atoms with van der Waals surface area (Å²) in [6, 6.07) is 78.1. The molecule has 0 aliphatic heterocycles. The lowest BCUT2D eigenvalue weighted by Crippen LogP contribution is -2.28. The molecule has 6 nitrogen and oxygen atoms in total. The molecule has 0 unspecified atom stereocenters. The molecule has 0 amide bonds. The summed E-state index contributed by atoms with van der Waals surface area (Å²) in [5, 5.41) is 4.53. The molecule has 2 aromatic heterocycles. The van der Waals surface area contributed by atoms with E-state index in [1.807, 2.05) is 121 Å². The largest absolute Gasteiger partial charge is 0.309 e. The fraction of sp³-hybridized carbons (Fsp3) is 0.0164. The van der Waals surface area contributed by atoms with Crippen molar-refractivity contribution in [1.82, 2.24) is 9.13 Å². The third-order valence-corrected chi connectivity index (χ3v) is 17.7. The first-order valence-electron chi connectivity index (χ1n) is 22.8. The number of fused-ring (bicyclic) bond motifs is 9. The van der Waals surface area contributed by atoms with Crippen LogP contribution in [0.2, 0.25) is 0 Å². The fourth-order valence-corrected chi connectivity index (χ4v) is 13.5. The molecule has 1 aliphatic rings. The first kappa shape index (κ1) is 40.9. The van der Waals surface area contributed by atoms with Gasteiger partial charge in [0.2, 0.25) is 19.7 Å². The molecule has 0 N–H and O–H groups in total. The summed E-state index contributed by atoms with van der Waals surface area (Å²) < 4.78 is 61.9. The molecule has 2 heterocycles. The molecule has 0 atom stereocenters. The van der Waals surface area contributed by atoms with Gasteiger partial charge >= 0.3 is 0 Å². The van der Waals surface area contributed by atoms with Crippen molar-refractivity contribution >= 4 is 63.3 Å². The van der Waals surface area contributed by atoms with Crippen LogP contribution in [0.25, 0.3) is 66.1 Å². The lowest BCUT2D eigenvalue weighted by Gasteiger charge is -2.34. The highest BCUT2D eigenvalue weighted by Gasteiger charge is 2.46. The van der Waals surface area contributed by atoms with Crippen molar-refractivity contribution in [1.29, 1.82) is 0 Å². The average Bonchev–Trinajstić information content (AvgIpc) is 4.03. The number of benzene rings is 10. The summed E-state index contributed by atoms with van der Waals surface area (Å²) in [6.07, 6.45) is 0. The zero-order valence-electron chi connectivity index (χ0n) is 36.9. The summed E-state index contributed by atoms with van der Waals surface area (Å²) >= 11 is 0. The summed E-state index contributed by atoms with van der Waals surface area (Å²) in [5.74, 6) is 0. The van der Waals surface area contributed by atoms with Crippen LogP contribution in [0.3, 0.4) is 0 Å². The van der Waals surface area contributed by atoms with Gasteiger partial charge in [0.25, 0.3) is 0 Å². The zero-order chi connectivity index (χ0) is 46.5. The highest BCUT2D eigenvalue weighted by atomic mass is 32.2. The number of sulfone groups is 2. The van der Waals surface area contributed by atoms with E-state index in [9.17, 15) is 16.8 Å². The van der Waals surface area contributed by atoms with Crippen molar-refractivity contribution in [3.63, 3.8) is 0 Å². The summed E-state index contributed by atoms with van der Waals surface area (Å²) in [4.78, 5) is 0.751. The Bertz CT molecular complexity index is 3860. The Hall–Kier alpha value is -8.30. The van der Waals surface area contributed by atoms with Crippen LogP contribution >= 0.6 is 0 Å². The van der Waals surface area contributed by atoms with E-state index in [4.69, 9.17) is 0 Å². The summed E-state index contributed by atoms with van der Waals surface area (Å²) in [5.41, 5.74) is 10.9. The molecule has 1 aliphatic carbocycles. The first-order chi connectivity index (χ1) is 33.7. The van der Waals surface area contributed by atoms with Gasteiger partial charge in [-0.25, -0.2) is 16.8 Å². The second kappa shape index (κ2) is 15.4. The Morgan fingerprint density at radius 2 is 0.536 bits per heavy atom. The molecule has 12 aromatic rings. The van der Waals surface area contributed by atoms with Crippen LogP contribution in [0.4, 0.5) is 0 Å². The predicted octanol–water partition coefficient (Wildman–Crippen LogP) is 13.9. The van der Waals surface area contributed by atoms with E-state index in [0.29, 0.717) is 0 Å². The molecule has 10 aromatic carbocycles. The predicted molar refractivity (Wildman–Crippen MR) is 276 cm³/mol. The van der Waals surface area contributed by atoms with Gasteiger partial charge in [0, 0.05) is 32.9 Å². The Balaban J connectivity index is 0.863. The molecule has 330 valence electrons.